The van der Waals surface area contributed by atoms with Gasteiger partial charge in [-0.15, -0.1) is 0 Å². The van der Waals surface area contributed by atoms with Crippen molar-refractivity contribution in [1.82, 2.24) is 4.90 Å². The zero-order valence-electron chi connectivity index (χ0n) is 7.49. The van der Waals surface area contributed by atoms with Gasteiger partial charge in [-0.05, 0) is 25.2 Å². The summed E-state index contributed by atoms with van der Waals surface area (Å²) in [7, 11) is 0. The van der Waals surface area contributed by atoms with Crippen LogP contribution in [0.15, 0.2) is 11.6 Å². The molecule has 3 heteroatoms. The lowest BCUT2D eigenvalue weighted by Gasteiger charge is -2.30. The third kappa shape index (κ3) is 1.72. The van der Waals surface area contributed by atoms with Gasteiger partial charge in [-0.25, -0.2) is 0 Å². The molecule has 0 aromatic carbocycles. The van der Waals surface area contributed by atoms with Gasteiger partial charge in [0.25, 0.3) is 5.91 Å². The highest BCUT2D eigenvalue weighted by molar-refractivity contribution is 5.97. The van der Waals surface area contributed by atoms with Gasteiger partial charge >= 0.3 is 0 Å². The highest BCUT2D eigenvalue weighted by Crippen LogP contribution is 2.31. The van der Waals surface area contributed by atoms with E-state index in [1.54, 1.807) is 4.90 Å². The molecule has 0 N–H and O–H groups in total. The van der Waals surface area contributed by atoms with Crippen molar-refractivity contribution in [3.05, 3.63) is 11.6 Å². The third-order valence-electron chi connectivity index (χ3n) is 2.52. The average Bonchev–Trinajstić information content (AvgIpc) is 2.79. The highest BCUT2D eigenvalue weighted by Gasteiger charge is 2.26. The second kappa shape index (κ2) is 3.21. The van der Waals surface area contributed by atoms with Crippen LogP contribution in [0.25, 0.3) is 0 Å². The van der Waals surface area contributed by atoms with Gasteiger partial charge in [0.05, 0.1) is 0 Å². The van der Waals surface area contributed by atoms with Crippen LogP contribution in [0.5, 0.6) is 0 Å². The molecule has 0 bridgehead atoms. The molecule has 1 amide bonds. The van der Waals surface area contributed by atoms with Crippen LogP contribution < -0.4 is 0 Å². The standard InChI is InChI=1S/C10H12N2O/c11-7-9(6-8-2-3-8)10(13)12-4-1-5-12/h6,8H,1-5H2. The second-order valence-corrected chi connectivity index (χ2v) is 3.68. The van der Waals surface area contributed by atoms with E-state index in [9.17, 15) is 4.79 Å². The summed E-state index contributed by atoms with van der Waals surface area (Å²) in [5, 5.41) is 8.78. The molecule has 1 heterocycles. The topological polar surface area (TPSA) is 44.1 Å². The lowest BCUT2D eigenvalue weighted by Crippen LogP contribution is -2.42. The Morgan fingerprint density at radius 1 is 1.46 bits per heavy atom. The SMILES string of the molecule is N#CC(=CC1CC1)C(=O)N1CCC1. The molecule has 1 aliphatic carbocycles. The minimum Gasteiger partial charge on any atom is -0.338 e. The minimum atomic E-state index is -0.0688. The fourth-order valence-corrected chi connectivity index (χ4v) is 1.34. The van der Waals surface area contributed by atoms with Gasteiger partial charge in [0.2, 0.25) is 0 Å². The smallest absolute Gasteiger partial charge is 0.264 e. The number of amides is 1. The Bertz CT molecular complexity index is 293. The molecule has 1 saturated carbocycles. The highest BCUT2D eigenvalue weighted by atomic mass is 16.2. The van der Waals surface area contributed by atoms with Crippen LogP contribution in [0, 0.1) is 17.2 Å². The van der Waals surface area contributed by atoms with Gasteiger partial charge in [0.15, 0.2) is 0 Å². The molecule has 0 aromatic rings. The largest absolute Gasteiger partial charge is 0.338 e. The van der Waals surface area contributed by atoms with E-state index in [0.29, 0.717) is 11.5 Å². The lowest BCUT2D eigenvalue weighted by molar-refractivity contribution is -0.129. The van der Waals surface area contributed by atoms with Crippen LogP contribution in [0.4, 0.5) is 0 Å². The molecule has 0 unspecified atom stereocenters. The van der Waals surface area contributed by atoms with E-state index >= 15 is 0 Å². The molecular weight excluding hydrogens is 164 g/mol. The Morgan fingerprint density at radius 3 is 2.54 bits per heavy atom. The van der Waals surface area contributed by atoms with Gasteiger partial charge in [0.1, 0.15) is 11.6 Å². The van der Waals surface area contributed by atoms with Crippen molar-refractivity contribution in [2.24, 2.45) is 5.92 Å². The summed E-state index contributed by atoms with van der Waals surface area (Å²) in [6.07, 6.45) is 5.19. The molecule has 0 atom stereocenters. The molecule has 1 aliphatic heterocycles. The summed E-state index contributed by atoms with van der Waals surface area (Å²) in [4.78, 5) is 13.3. The molecule has 0 spiro atoms. The Morgan fingerprint density at radius 2 is 2.15 bits per heavy atom. The number of nitriles is 1. The quantitative estimate of drug-likeness (QED) is 0.466. The summed E-state index contributed by atoms with van der Waals surface area (Å²) in [6.45, 7) is 1.64. The predicted octanol–water partition coefficient (Wildman–Crippen LogP) is 1.08. The van der Waals surface area contributed by atoms with E-state index in [-0.39, 0.29) is 5.91 Å². The van der Waals surface area contributed by atoms with Gasteiger partial charge in [-0.1, -0.05) is 6.08 Å². The van der Waals surface area contributed by atoms with Crippen LogP contribution in [0.2, 0.25) is 0 Å². The maximum absolute atomic E-state index is 11.6. The van der Waals surface area contributed by atoms with Crippen molar-refractivity contribution in [2.75, 3.05) is 13.1 Å². The van der Waals surface area contributed by atoms with Gasteiger partial charge < -0.3 is 4.90 Å². The first-order valence-electron chi connectivity index (χ1n) is 4.72. The van der Waals surface area contributed by atoms with Gasteiger partial charge in [-0.2, -0.15) is 5.26 Å². The number of carbonyl (C=O) groups is 1. The Hall–Kier alpha value is -1.30. The first-order chi connectivity index (χ1) is 6.31. The zero-order chi connectivity index (χ0) is 9.26. The number of carbonyl (C=O) groups excluding carboxylic acids is 1. The molecule has 68 valence electrons. The summed E-state index contributed by atoms with van der Waals surface area (Å²) in [5.74, 6) is 0.431. The average molecular weight is 176 g/mol. The Labute approximate surface area is 77.6 Å². The van der Waals surface area contributed by atoms with Crippen LogP contribution >= 0.6 is 0 Å². The molecule has 1 saturated heterocycles. The summed E-state index contributed by atoms with van der Waals surface area (Å²) in [6, 6.07) is 1.99. The van der Waals surface area contributed by atoms with Crippen molar-refractivity contribution < 1.29 is 4.79 Å². The molecule has 0 radical (unpaired) electrons. The van der Waals surface area contributed by atoms with Crippen molar-refractivity contribution in [1.29, 1.82) is 5.26 Å². The van der Waals surface area contributed by atoms with Gasteiger partial charge in [0, 0.05) is 13.1 Å². The summed E-state index contributed by atoms with van der Waals surface area (Å²) in [5.41, 5.74) is 0.349. The van der Waals surface area contributed by atoms with Crippen LogP contribution in [-0.4, -0.2) is 23.9 Å². The van der Waals surface area contributed by atoms with E-state index < -0.39 is 0 Å². The van der Waals surface area contributed by atoms with Crippen LogP contribution in [-0.2, 0) is 4.79 Å². The molecular formula is C10H12N2O. The number of rotatable bonds is 2. The van der Waals surface area contributed by atoms with Crippen LogP contribution in [0.1, 0.15) is 19.3 Å². The van der Waals surface area contributed by atoms with Crippen molar-refractivity contribution in [3.63, 3.8) is 0 Å². The maximum atomic E-state index is 11.6. The number of allylic oxidation sites excluding steroid dienone is 1. The molecule has 13 heavy (non-hydrogen) atoms. The van der Waals surface area contributed by atoms with Crippen molar-refractivity contribution in [2.45, 2.75) is 19.3 Å². The van der Waals surface area contributed by atoms with Crippen LogP contribution in [0.3, 0.4) is 0 Å². The number of nitrogens with zero attached hydrogens (tertiary/aromatic N) is 2. The third-order valence-corrected chi connectivity index (χ3v) is 2.52. The number of hydrogen-bond donors (Lipinski definition) is 0. The Kier molecular flexibility index (Phi) is 2.05. The van der Waals surface area contributed by atoms with Crippen molar-refractivity contribution in [3.8, 4) is 6.07 Å². The summed E-state index contributed by atoms with van der Waals surface area (Å²) >= 11 is 0. The molecule has 2 rings (SSSR count). The maximum Gasteiger partial charge on any atom is 0.264 e. The normalized spacial score (nSPS) is 22.1. The second-order valence-electron chi connectivity index (χ2n) is 3.68. The molecule has 3 nitrogen and oxygen atoms in total. The number of hydrogen-bond acceptors (Lipinski definition) is 2. The number of likely N-dealkylation sites (tertiary alicyclic amines) is 1. The molecule has 2 fully saturated rings. The zero-order valence-corrected chi connectivity index (χ0v) is 7.49. The summed E-state index contributed by atoms with van der Waals surface area (Å²) < 4.78 is 0. The molecule has 2 aliphatic rings. The predicted molar refractivity (Wildman–Crippen MR) is 47.6 cm³/mol. The molecule has 0 aromatic heterocycles. The van der Waals surface area contributed by atoms with Gasteiger partial charge in [-0.3, -0.25) is 4.79 Å². The van der Waals surface area contributed by atoms with E-state index in [4.69, 9.17) is 5.26 Å². The lowest BCUT2D eigenvalue weighted by atomic mass is 10.1. The minimum absolute atomic E-state index is 0.0688. The van der Waals surface area contributed by atoms with E-state index in [0.717, 1.165) is 32.4 Å². The monoisotopic (exact) mass is 176 g/mol. The van der Waals surface area contributed by atoms with E-state index in [1.165, 1.54) is 0 Å². The first-order valence-corrected chi connectivity index (χ1v) is 4.72. The fourth-order valence-electron chi connectivity index (χ4n) is 1.34. The van der Waals surface area contributed by atoms with E-state index in [2.05, 4.69) is 0 Å². The fraction of sp³-hybridized carbons (Fsp3) is 0.600. The van der Waals surface area contributed by atoms with E-state index in [1.807, 2.05) is 12.1 Å². The first kappa shape index (κ1) is 8.31. The van der Waals surface area contributed by atoms with Crippen molar-refractivity contribution >= 4 is 5.91 Å². The Balaban J connectivity index is 2.02.